The molecule has 1 N–H and O–H groups in total. The van der Waals surface area contributed by atoms with Crippen LogP contribution in [0.4, 0.5) is 17.1 Å². The van der Waals surface area contributed by atoms with E-state index in [4.69, 9.17) is 0 Å². The minimum Gasteiger partial charge on any atom is -0.323 e. The molecule has 0 saturated carbocycles. The van der Waals surface area contributed by atoms with E-state index < -0.39 is 4.92 Å². The van der Waals surface area contributed by atoms with Gasteiger partial charge >= 0.3 is 0 Å². The van der Waals surface area contributed by atoms with Gasteiger partial charge in [0, 0.05) is 43.1 Å². The summed E-state index contributed by atoms with van der Waals surface area (Å²) in [7, 11) is 1.74. The summed E-state index contributed by atoms with van der Waals surface area (Å²) in [5.41, 5.74) is 3.23. The average molecular weight is 351 g/mol. The second-order valence-corrected chi connectivity index (χ2v) is 5.97. The molecule has 0 unspecified atom stereocenters. The quantitative estimate of drug-likeness (QED) is 0.520. The van der Waals surface area contributed by atoms with Crippen molar-refractivity contribution in [3.05, 3.63) is 69.8 Å². The molecular formula is C19H17N3O4. The largest absolute Gasteiger partial charge is 0.323 e. The maximum atomic E-state index is 12.1. The molecule has 0 fully saturated rings. The van der Waals surface area contributed by atoms with Gasteiger partial charge in [0.2, 0.25) is 11.8 Å². The van der Waals surface area contributed by atoms with Gasteiger partial charge < -0.3 is 10.2 Å². The van der Waals surface area contributed by atoms with Crippen molar-refractivity contribution in [1.82, 2.24) is 0 Å². The maximum Gasteiger partial charge on any atom is 0.269 e. The fourth-order valence-electron chi connectivity index (χ4n) is 2.80. The van der Waals surface area contributed by atoms with E-state index in [-0.39, 0.29) is 17.5 Å². The normalized spacial score (nSPS) is 13.6. The number of carbonyl (C=O) groups is 2. The Hall–Kier alpha value is -3.48. The van der Waals surface area contributed by atoms with Crippen LogP contribution in [-0.4, -0.2) is 23.8 Å². The van der Waals surface area contributed by atoms with Crippen LogP contribution in [0.15, 0.2) is 48.5 Å². The number of nitro benzene ring substituents is 1. The summed E-state index contributed by atoms with van der Waals surface area (Å²) in [6, 6.07) is 11.4. The lowest BCUT2D eigenvalue weighted by Gasteiger charge is -2.26. The van der Waals surface area contributed by atoms with Crippen molar-refractivity contribution >= 4 is 35.0 Å². The van der Waals surface area contributed by atoms with Crippen LogP contribution in [0.25, 0.3) is 6.08 Å². The Morgan fingerprint density at radius 3 is 2.62 bits per heavy atom. The van der Waals surface area contributed by atoms with Gasteiger partial charge in [-0.2, -0.15) is 0 Å². The Kier molecular flexibility index (Phi) is 4.79. The molecule has 26 heavy (non-hydrogen) atoms. The number of nitrogens with zero attached hydrogens (tertiary/aromatic N) is 2. The minimum atomic E-state index is -0.471. The fraction of sp³-hybridized carbons (Fsp3) is 0.158. The van der Waals surface area contributed by atoms with Crippen LogP contribution in [0.5, 0.6) is 0 Å². The monoisotopic (exact) mass is 351 g/mol. The number of benzene rings is 2. The molecule has 0 atom stereocenters. The first-order valence-electron chi connectivity index (χ1n) is 8.07. The lowest BCUT2D eigenvalue weighted by molar-refractivity contribution is -0.384. The van der Waals surface area contributed by atoms with Crippen molar-refractivity contribution in [1.29, 1.82) is 0 Å². The summed E-state index contributed by atoms with van der Waals surface area (Å²) in [4.78, 5) is 35.6. The number of anilines is 2. The smallest absolute Gasteiger partial charge is 0.269 e. The summed E-state index contributed by atoms with van der Waals surface area (Å²) in [6.07, 6.45) is 4.07. The Balaban J connectivity index is 1.66. The molecule has 2 aromatic rings. The molecule has 0 aliphatic carbocycles. The highest BCUT2D eigenvalue weighted by atomic mass is 16.6. The molecule has 7 nitrogen and oxygen atoms in total. The number of hydrogen-bond acceptors (Lipinski definition) is 4. The standard InChI is InChI=1S/C19H17N3O4/c1-21-17-9-6-15(12-14(17)5-11-19(21)24)20-18(23)10-4-13-2-7-16(8-3-13)22(25)26/h2-4,6-10,12H,5,11H2,1H3,(H,20,23)/b10-4+. The third-order valence-corrected chi connectivity index (χ3v) is 4.22. The number of rotatable bonds is 4. The van der Waals surface area contributed by atoms with Crippen LogP contribution in [-0.2, 0) is 16.0 Å². The predicted molar refractivity (Wildman–Crippen MR) is 98.9 cm³/mol. The van der Waals surface area contributed by atoms with Crippen molar-refractivity contribution in [2.75, 3.05) is 17.3 Å². The Bertz CT molecular complexity index is 904. The molecule has 0 bridgehead atoms. The van der Waals surface area contributed by atoms with Crippen molar-refractivity contribution in [3.63, 3.8) is 0 Å². The Morgan fingerprint density at radius 2 is 1.92 bits per heavy atom. The van der Waals surface area contributed by atoms with Crippen molar-refractivity contribution in [2.45, 2.75) is 12.8 Å². The van der Waals surface area contributed by atoms with Crippen LogP contribution in [0.3, 0.4) is 0 Å². The zero-order valence-corrected chi connectivity index (χ0v) is 14.1. The van der Waals surface area contributed by atoms with Gasteiger partial charge in [0.25, 0.3) is 5.69 Å². The first kappa shape index (κ1) is 17.3. The number of carbonyl (C=O) groups excluding carboxylic acids is 2. The molecule has 1 aliphatic rings. The van der Waals surface area contributed by atoms with Gasteiger partial charge in [0.15, 0.2) is 0 Å². The van der Waals surface area contributed by atoms with Crippen molar-refractivity contribution in [3.8, 4) is 0 Å². The number of aryl methyl sites for hydroxylation is 1. The van der Waals surface area contributed by atoms with Gasteiger partial charge in [0.05, 0.1) is 4.92 Å². The molecule has 7 heteroatoms. The van der Waals surface area contributed by atoms with Crippen molar-refractivity contribution < 1.29 is 14.5 Å². The van der Waals surface area contributed by atoms with Crippen LogP contribution in [0, 0.1) is 10.1 Å². The predicted octanol–water partition coefficient (Wildman–Crippen LogP) is 3.16. The summed E-state index contributed by atoms with van der Waals surface area (Å²) < 4.78 is 0. The van der Waals surface area contributed by atoms with Gasteiger partial charge in [0.1, 0.15) is 0 Å². The molecule has 0 aromatic heterocycles. The molecule has 2 amide bonds. The van der Waals surface area contributed by atoms with Crippen LogP contribution >= 0.6 is 0 Å². The third kappa shape index (κ3) is 3.77. The fourth-order valence-corrected chi connectivity index (χ4v) is 2.80. The maximum absolute atomic E-state index is 12.1. The van der Waals surface area contributed by atoms with Crippen LogP contribution in [0.2, 0.25) is 0 Å². The number of nitro groups is 1. The van der Waals surface area contributed by atoms with Gasteiger partial charge in [-0.15, -0.1) is 0 Å². The van der Waals surface area contributed by atoms with E-state index in [1.54, 1.807) is 36.2 Å². The minimum absolute atomic E-state index is 0.00381. The zero-order chi connectivity index (χ0) is 18.7. The molecule has 3 rings (SSSR count). The molecule has 0 saturated heterocycles. The zero-order valence-electron chi connectivity index (χ0n) is 14.1. The van der Waals surface area contributed by atoms with Gasteiger partial charge in [-0.05, 0) is 54.0 Å². The highest BCUT2D eigenvalue weighted by Gasteiger charge is 2.20. The number of nitrogens with one attached hydrogen (secondary N) is 1. The lowest BCUT2D eigenvalue weighted by Crippen LogP contribution is -2.31. The number of amides is 2. The number of hydrogen-bond donors (Lipinski definition) is 1. The van der Waals surface area contributed by atoms with E-state index in [0.29, 0.717) is 24.1 Å². The summed E-state index contributed by atoms with van der Waals surface area (Å²) >= 11 is 0. The van der Waals surface area contributed by atoms with E-state index in [1.807, 2.05) is 12.1 Å². The first-order valence-corrected chi connectivity index (χ1v) is 8.07. The van der Waals surface area contributed by atoms with Gasteiger partial charge in [-0.1, -0.05) is 0 Å². The van der Waals surface area contributed by atoms with Gasteiger partial charge in [-0.3, -0.25) is 19.7 Å². The SMILES string of the molecule is CN1C(=O)CCc2cc(NC(=O)/C=C/c3ccc([N+](=O)[O-])cc3)ccc21. The summed E-state index contributed by atoms with van der Waals surface area (Å²) in [6.45, 7) is 0. The second kappa shape index (κ2) is 7.18. The third-order valence-electron chi connectivity index (χ3n) is 4.22. The summed E-state index contributed by atoms with van der Waals surface area (Å²) in [5.74, 6) is -0.219. The summed E-state index contributed by atoms with van der Waals surface area (Å²) in [5, 5.41) is 13.4. The number of fused-ring (bicyclic) bond motifs is 1. The first-order chi connectivity index (χ1) is 12.4. The average Bonchev–Trinajstić information content (AvgIpc) is 2.63. The van der Waals surface area contributed by atoms with Crippen molar-refractivity contribution in [2.24, 2.45) is 0 Å². The van der Waals surface area contributed by atoms with E-state index >= 15 is 0 Å². The molecule has 132 valence electrons. The van der Waals surface area contributed by atoms with E-state index in [0.717, 1.165) is 11.3 Å². The van der Waals surface area contributed by atoms with E-state index in [1.165, 1.54) is 18.2 Å². The molecule has 1 heterocycles. The molecular weight excluding hydrogens is 334 g/mol. The Morgan fingerprint density at radius 1 is 1.19 bits per heavy atom. The second-order valence-electron chi connectivity index (χ2n) is 5.97. The molecule has 1 aliphatic heterocycles. The van der Waals surface area contributed by atoms with Crippen LogP contribution in [0.1, 0.15) is 17.5 Å². The lowest BCUT2D eigenvalue weighted by atomic mass is 10.0. The molecule has 0 radical (unpaired) electrons. The van der Waals surface area contributed by atoms with Crippen LogP contribution < -0.4 is 10.2 Å². The molecule has 0 spiro atoms. The molecule has 2 aromatic carbocycles. The van der Waals surface area contributed by atoms with E-state index in [9.17, 15) is 19.7 Å². The van der Waals surface area contributed by atoms with Gasteiger partial charge in [-0.25, -0.2) is 0 Å². The highest BCUT2D eigenvalue weighted by Crippen LogP contribution is 2.29. The Labute approximate surface area is 150 Å². The number of non-ortho nitro benzene ring substituents is 1. The van der Waals surface area contributed by atoms with E-state index in [2.05, 4.69) is 5.32 Å². The highest BCUT2D eigenvalue weighted by molar-refractivity contribution is 6.02. The topological polar surface area (TPSA) is 92.6 Å².